The number of pyridine rings is 1. The Bertz CT molecular complexity index is 1870. The van der Waals surface area contributed by atoms with Gasteiger partial charge in [0.1, 0.15) is 33.9 Å². The first-order valence-electron chi connectivity index (χ1n) is 15.0. The minimum absolute atomic E-state index is 0.0748. The van der Waals surface area contributed by atoms with E-state index in [1.54, 1.807) is 48.6 Å². The molecule has 3 heterocycles. The number of urea groups is 2. The highest BCUT2D eigenvalue weighted by molar-refractivity contribution is 6.45. The minimum Gasteiger partial charge on any atom is -0.497 e. The van der Waals surface area contributed by atoms with Crippen molar-refractivity contribution in [2.45, 2.75) is 39.2 Å². The van der Waals surface area contributed by atoms with Crippen molar-refractivity contribution < 1.29 is 19.1 Å². The Morgan fingerprint density at radius 3 is 2.40 bits per heavy atom. The van der Waals surface area contributed by atoms with Gasteiger partial charge < -0.3 is 24.7 Å². The Hall–Kier alpha value is -5.27. The number of aryl methyl sites for hydroxylation is 1. The van der Waals surface area contributed by atoms with Crippen LogP contribution in [0.5, 0.6) is 17.2 Å². The molecule has 0 spiro atoms. The molecule has 4 amide bonds. The van der Waals surface area contributed by atoms with E-state index < -0.39 is 12.1 Å². The molecule has 5 aromatic rings. The van der Waals surface area contributed by atoms with E-state index in [4.69, 9.17) is 37.8 Å². The van der Waals surface area contributed by atoms with Gasteiger partial charge in [0.2, 0.25) is 0 Å². The van der Waals surface area contributed by atoms with Crippen molar-refractivity contribution in [3.8, 4) is 22.9 Å². The normalized spacial score (nSPS) is 11.1. The van der Waals surface area contributed by atoms with Crippen LogP contribution in [-0.4, -0.2) is 50.0 Å². The zero-order valence-corrected chi connectivity index (χ0v) is 28.3. The van der Waals surface area contributed by atoms with Crippen molar-refractivity contribution >= 4 is 52.6 Å². The zero-order chi connectivity index (χ0) is 34.3. The van der Waals surface area contributed by atoms with Crippen molar-refractivity contribution in [1.29, 1.82) is 0 Å². The third-order valence-electron chi connectivity index (χ3n) is 6.97. The van der Waals surface area contributed by atoms with Crippen molar-refractivity contribution in [3.05, 3.63) is 95.3 Å². The van der Waals surface area contributed by atoms with E-state index in [-0.39, 0.29) is 32.7 Å². The summed E-state index contributed by atoms with van der Waals surface area (Å²) in [5.41, 5.74) is 1.52. The molecule has 250 valence electrons. The van der Waals surface area contributed by atoms with Crippen LogP contribution < -0.4 is 30.7 Å². The number of imidazole rings is 1. The van der Waals surface area contributed by atoms with Crippen LogP contribution >= 0.6 is 23.2 Å². The number of nitrogens with one attached hydrogen (secondary N) is 4. The number of carbonyl (C=O) groups excluding carboxylic acids is 2. The molecule has 13 nitrogen and oxygen atoms in total. The average Bonchev–Trinajstić information content (AvgIpc) is 3.74. The first-order chi connectivity index (χ1) is 23.0. The van der Waals surface area contributed by atoms with Gasteiger partial charge in [0, 0.05) is 49.2 Å². The van der Waals surface area contributed by atoms with Gasteiger partial charge in [-0.2, -0.15) is 5.10 Å². The Labute approximate surface area is 287 Å². The quantitative estimate of drug-likeness (QED) is 0.104. The molecule has 15 heteroatoms. The molecule has 0 saturated heterocycles. The van der Waals surface area contributed by atoms with Crippen molar-refractivity contribution in [2.24, 2.45) is 0 Å². The largest absolute Gasteiger partial charge is 0.497 e. The number of aromatic nitrogens is 5. The number of anilines is 3. The third kappa shape index (κ3) is 8.75. The molecule has 0 aliphatic carbocycles. The molecule has 4 N–H and O–H groups in total. The number of carbonyl (C=O) groups is 2. The number of benzene rings is 2. The van der Waals surface area contributed by atoms with Gasteiger partial charge in [-0.3, -0.25) is 10.6 Å². The molecule has 3 aromatic heterocycles. The maximum Gasteiger partial charge on any atom is 0.324 e. The number of rotatable bonds is 11. The Balaban J connectivity index is 1.21. The highest BCUT2D eigenvalue weighted by Gasteiger charge is 2.22. The van der Waals surface area contributed by atoms with Crippen LogP contribution in [0.2, 0.25) is 10.0 Å². The number of ether oxygens (including phenoxy) is 2. The molecular formula is C33H35Cl2N9O4. The fraction of sp³-hybridized carbons (Fsp3) is 0.242. The Kier molecular flexibility index (Phi) is 10.7. The summed E-state index contributed by atoms with van der Waals surface area (Å²) in [5.74, 6) is 2.03. The fourth-order valence-corrected chi connectivity index (χ4v) is 4.85. The SMILES string of the molecule is COc1ccc(-n2nc(C(C)(C)C)cc2NC(=O)Nc2ccc(Oc3ccnc(NC(=O)NCCCn4ccnc4)c3)c(Cl)c2Cl)cc1. The predicted octanol–water partition coefficient (Wildman–Crippen LogP) is 7.72. The molecule has 0 bridgehead atoms. The average molecular weight is 693 g/mol. The first-order valence-corrected chi connectivity index (χ1v) is 15.7. The zero-order valence-electron chi connectivity index (χ0n) is 26.8. The van der Waals surface area contributed by atoms with Gasteiger partial charge in [0.25, 0.3) is 0 Å². The maximum absolute atomic E-state index is 13.2. The fourth-order valence-electron chi connectivity index (χ4n) is 4.45. The van der Waals surface area contributed by atoms with E-state index >= 15 is 0 Å². The highest BCUT2D eigenvalue weighted by Crippen LogP contribution is 2.40. The predicted molar refractivity (Wildman–Crippen MR) is 186 cm³/mol. The Morgan fingerprint density at radius 2 is 1.69 bits per heavy atom. The molecule has 0 fully saturated rings. The van der Waals surface area contributed by atoms with Crippen LogP contribution in [0.4, 0.5) is 26.9 Å². The van der Waals surface area contributed by atoms with E-state index in [1.165, 1.54) is 6.20 Å². The monoisotopic (exact) mass is 691 g/mol. The van der Waals surface area contributed by atoms with Gasteiger partial charge in [0.05, 0.1) is 35.5 Å². The summed E-state index contributed by atoms with van der Waals surface area (Å²) in [6, 6.07) is 14.5. The second-order valence-electron chi connectivity index (χ2n) is 11.6. The van der Waals surface area contributed by atoms with Gasteiger partial charge >= 0.3 is 12.1 Å². The molecule has 0 unspecified atom stereocenters. The molecule has 0 saturated carbocycles. The van der Waals surface area contributed by atoms with Gasteiger partial charge in [-0.15, -0.1) is 0 Å². The number of amides is 4. The van der Waals surface area contributed by atoms with Crippen molar-refractivity contribution in [1.82, 2.24) is 29.6 Å². The van der Waals surface area contributed by atoms with E-state index in [0.717, 1.165) is 24.3 Å². The lowest BCUT2D eigenvalue weighted by molar-refractivity contribution is 0.251. The lowest BCUT2D eigenvalue weighted by Gasteiger charge is -2.14. The maximum atomic E-state index is 13.2. The standard InChI is InChI=1S/C33H35Cl2N9O4/c1-33(2,3)26-19-28(44(42-26)21-6-8-22(47-4)9-7-21)41-32(46)39-24-10-11-25(30(35)29(24)34)48-23-12-14-37-27(18-23)40-31(45)38-13-5-16-43-17-15-36-20-43/h6-12,14-15,17-20H,5,13,16H2,1-4H3,(H2,39,41,46)(H2,37,38,40,45). The minimum atomic E-state index is -0.554. The summed E-state index contributed by atoms with van der Waals surface area (Å²) in [6.45, 7) is 7.32. The lowest BCUT2D eigenvalue weighted by atomic mass is 9.92. The lowest BCUT2D eigenvalue weighted by Crippen LogP contribution is -2.30. The Morgan fingerprint density at radius 1 is 0.896 bits per heavy atom. The summed E-state index contributed by atoms with van der Waals surface area (Å²) >= 11 is 13.1. The second kappa shape index (κ2) is 15.1. The van der Waals surface area contributed by atoms with Gasteiger partial charge in [-0.1, -0.05) is 44.0 Å². The second-order valence-corrected chi connectivity index (χ2v) is 12.4. The van der Waals surface area contributed by atoms with Crippen LogP contribution in [0, 0.1) is 0 Å². The van der Waals surface area contributed by atoms with Crippen LogP contribution in [0.25, 0.3) is 5.69 Å². The van der Waals surface area contributed by atoms with Crippen LogP contribution in [0.15, 0.2) is 79.5 Å². The molecule has 0 aliphatic rings. The summed E-state index contributed by atoms with van der Waals surface area (Å²) in [5, 5.41) is 16.0. The first kappa shape index (κ1) is 34.1. The molecule has 2 aromatic carbocycles. The molecule has 0 radical (unpaired) electrons. The molecule has 48 heavy (non-hydrogen) atoms. The van der Waals surface area contributed by atoms with E-state index in [2.05, 4.69) is 31.2 Å². The van der Waals surface area contributed by atoms with Crippen molar-refractivity contribution in [3.63, 3.8) is 0 Å². The number of hydrogen-bond acceptors (Lipinski definition) is 7. The van der Waals surface area contributed by atoms with E-state index in [0.29, 0.717) is 23.9 Å². The number of nitrogens with zero attached hydrogens (tertiary/aromatic N) is 5. The number of halogens is 2. The third-order valence-corrected chi connectivity index (χ3v) is 7.83. The van der Waals surface area contributed by atoms with Gasteiger partial charge in [-0.25, -0.2) is 24.2 Å². The molecular weight excluding hydrogens is 657 g/mol. The summed E-state index contributed by atoms with van der Waals surface area (Å²) in [6.07, 6.45) is 7.51. The van der Waals surface area contributed by atoms with Crippen LogP contribution in [0.1, 0.15) is 32.9 Å². The van der Waals surface area contributed by atoms with Crippen molar-refractivity contribution in [2.75, 3.05) is 29.6 Å². The van der Waals surface area contributed by atoms with Gasteiger partial charge in [-0.05, 0) is 48.9 Å². The van der Waals surface area contributed by atoms with Gasteiger partial charge in [0.15, 0.2) is 0 Å². The highest BCUT2D eigenvalue weighted by atomic mass is 35.5. The molecule has 0 atom stereocenters. The summed E-state index contributed by atoms with van der Waals surface area (Å²) in [7, 11) is 1.59. The van der Waals surface area contributed by atoms with E-state index in [9.17, 15) is 9.59 Å². The number of hydrogen-bond donors (Lipinski definition) is 4. The van der Waals surface area contributed by atoms with E-state index in [1.807, 2.05) is 61.9 Å². The smallest absolute Gasteiger partial charge is 0.324 e. The summed E-state index contributed by atoms with van der Waals surface area (Å²) in [4.78, 5) is 33.7. The number of methoxy groups -OCH3 is 1. The molecule has 5 rings (SSSR count). The van der Waals surface area contributed by atoms with Crippen LogP contribution in [0.3, 0.4) is 0 Å². The topological polar surface area (TPSA) is 149 Å². The van der Waals surface area contributed by atoms with Crippen LogP contribution in [-0.2, 0) is 12.0 Å². The summed E-state index contributed by atoms with van der Waals surface area (Å²) < 4.78 is 14.8. The molecule has 0 aliphatic heterocycles.